The largest absolute Gasteiger partial charge is 0.357 e. The summed E-state index contributed by atoms with van der Waals surface area (Å²) in [6.45, 7) is 9.95. The molecule has 0 radical (unpaired) electrons. The van der Waals surface area contributed by atoms with Crippen LogP contribution >= 0.6 is 11.3 Å². The minimum atomic E-state index is 0.142. The molecule has 1 aromatic heterocycles. The van der Waals surface area contributed by atoms with Crippen LogP contribution < -0.4 is 10.6 Å². The number of guanidine groups is 1. The summed E-state index contributed by atoms with van der Waals surface area (Å²) in [6.07, 6.45) is 3.45. The third-order valence-corrected chi connectivity index (χ3v) is 6.16. The molecule has 0 aliphatic carbocycles. The van der Waals surface area contributed by atoms with Crippen LogP contribution in [0.15, 0.2) is 29.3 Å². The first-order valence-electron chi connectivity index (χ1n) is 10.4. The molecule has 2 aromatic rings. The van der Waals surface area contributed by atoms with Gasteiger partial charge in [0.15, 0.2) is 5.96 Å². The van der Waals surface area contributed by atoms with E-state index in [0.717, 1.165) is 60.3 Å². The maximum Gasteiger partial charge on any atom is 0.253 e. The van der Waals surface area contributed by atoms with Gasteiger partial charge in [0.25, 0.3) is 5.91 Å². The standard InChI is InChI=1S/C22H31N5OS/c1-4-23-22(25-15-20-26-16(2)17(3)29-20)24-14-18-8-10-19(11-9-18)21(28)27-12-6-5-7-13-27/h8-11H,4-7,12-15H2,1-3H3,(H2,23,24,25). The van der Waals surface area contributed by atoms with Gasteiger partial charge in [0, 0.05) is 30.1 Å². The second-order valence-electron chi connectivity index (χ2n) is 7.35. The molecule has 0 unspecified atom stereocenters. The van der Waals surface area contributed by atoms with Crippen molar-refractivity contribution in [1.82, 2.24) is 20.5 Å². The fourth-order valence-corrected chi connectivity index (χ4v) is 4.19. The van der Waals surface area contributed by atoms with Crippen LogP contribution in [0.1, 0.15) is 57.7 Å². The number of piperidine rings is 1. The van der Waals surface area contributed by atoms with Gasteiger partial charge >= 0.3 is 0 Å². The molecule has 1 aliphatic rings. The highest BCUT2D eigenvalue weighted by atomic mass is 32.1. The third kappa shape index (κ3) is 6.03. The number of likely N-dealkylation sites (tertiary alicyclic amines) is 1. The Morgan fingerprint density at radius 2 is 1.86 bits per heavy atom. The van der Waals surface area contributed by atoms with Gasteiger partial charge in [-0.1, -0.05) is 12.1 Å². The summed E-state index contributed by atoms with van der Waals surface area (Å²) in [7, 11) is 0. The second-order valence-corrected chi connectivity index (χ2v) is 8.64. The van der Waals surface area contributed by atoms with E-state index in [1.807, 2.05) is 36.1 Å². The topological polar surface area (TPSA) is 69.6 Å². The molecule has 1 saturated heterocycles. The Hall–Kier alpha value is -2.41. The van der Waals surface area contributed by atoms with Crippen molar-refractivity contribution >= 4 is 23.2 Å². The summed E-state index contributed by atoms with van der Waals surface area (Å²) in [4.78, 5) is 25.0. The number of aliphatic imine (C=N–C) groups is 1. The van der Waals surface area contributed by atoms with E-state index in [1.165, 1.54) is 11.3 Å². The van der Waals surface area contributed by atoms with Gasteiger partial charge < -0.3 is 15.5 Å². The molecule has 0 spiro atoms. The Bertz CT molecular complexity index is 818. The molecule has 6 nitrogen and oxygen atoms in total. The number of nitrogens with one attached hydrogen (secondary N) is 2. The maximum atomic E-state index is 12.6. The zero-order valence-corrected chi connectivity index (χ0v) is 18.4. The first-order chi connectivity index (χ1) is 14.1. The lowest BCUT2D eigenvalue weighted by Crippen LogP contribution is -2.36. The van der Waals surface area contributed by atoms with Crippen LogP contribution in [0.5, 0.6) is 0 Å². The lowest BCUT2D eigenvalue weighted by Gasteiger charge is -2.26. The Morgan fingerprint density at radius 3 is 2.48 bits per heavy atom. The number of benzene rings is 1. The fourth-order valence-electron chi connectivity index (χ4n) is 3.32. The normalized spacial score (nSPS) is 14.7. The molecule has 0 atom stereocenters. The average Bonchev–Trinajstić information content (AvgIpc) is 3.08. The predicted octanol–water partition coefficient (Wildman–Crippen LogP) is 3.64. The van der Waals surface area contributed by atoms with Crippen molar-refractivity contribution in [2.45, 2.75) is 53.1 Å². The van der Waals surface area contributed by atoms with Crippen molar-refractivity contribution in [3.63, 3.8) is 0 Å². The number of rotatable bonds is 6. The van der Waals surface area contributed by atoms with Gasteiger partial charge in [-0.2, -0.15) is 0 Å². The molecule has 2 N–H and O–H groups in total. The molecule has 2 heterocycles. The first kappa shape index (κ1) is 21.3. The van der Waals surface area contributed by atoms with Gasteiger partial charge in [-0.25, -0.2) is 9.98 Å². The molecule has 1 fully saturated rings. The van der Waals surface area contributed by atoms with Crippen LogP contribution in [0.25, 0.3) is 0 Å². The number of aromatic nitrogens is 1. The smallest absolute Gasteiger partial charge is 0.253 e. The van der Waals surface area contributed by atoms with Gasteiger partial charge in [0.2, 0.25) is 0 Å². The van der Waals surface area contributed by atoms with E-state index in [9.17, 15) is 4.79 Å². The van der Waals surface area contributed by atoms with Crippen molar-refractivity contribution in [3.05, 3.63) is 51.0 Å². The predicted molar refractivity (Wildman–Crippen MR) is 119 cm³/mol. The number of thiazole rings is 1. The summed E-state index contributed by atoms with van der Waals surface area (Å²) >= 11 is 1.71. The zero-order valence-electron chi connectivity index (χ0n) is 17.6. The first-order valence-corrected chi connectivity index (χ1v) is 11.2. The van der Waals surface area contributed by atoms with Crippen LogP contribution in [0.3, 0.4) is 0 Å². The SMILES string of the molecule is CCNC(=NCc1ccc(C(=O)N2CCCCC2)cc1)NCc1nc(C)c(C)s1. The number of carbonyl (C=O) groups is 1. The molecular weight excluding hydrogens is 382 g/mol. The van der Waals surface area contributed by atoms with E-state index in [0.29, 0.717) is 13.1 Å². The molecule has 29 heavy (non-hydrogen) atoms. The van der Waals surface area contributed by atoms with Crippen molar-refractivity contribution in [2.24, 2.45) is 4.99 Å². The van der Waals surface area contributed by atoms with Crippen molar-refractivity contribution in [1.29, 1.82) is 0 Å². The fraction of sp³-hybridized carbons (Fsp3) is 0.500. The summed E-state index contributed by atoms with van der Waals surface area (Å²) < 4.78 is 0. The van der Waals surface area contributed by atoms with Crippen LogP contribution in [0.2, 0.25) is 0 Å². The van der Waals surface area contributed by atoms with Crippen molar-refractivity contribution < 1.29 is 4.79 Å². The Morgan fingerprint density at radius 1 is 1.14 bits per heavy atom. The summed E-state index contributed by atoms with van der Waals surface area (Å²) in [6, 6.07) is 7.84. The van der Waals surface area contributed by atoms with Crippen molar-refractivity contribution in [3.8, 4) is 0 Å². The summed E-state index contributed by atoms with van der Waals surface area (Å²) in [5.74, 6) is 0.912. The minimum Gasteiger partial charge on any atom is -0.357 e. The number of hydrogen-bond donors (Lipinski definition) is 2. The molecule has 3 rings (SSSR count). The van der Waals surface area contributed by atoms with E-state index in [-0.39, 0.29) is 5.91 Å². The Labute approximate surface area is 177 Å². The Balaban J connectivity index is 1.57. The van der Waals surface area contributed by atoms with Gasteiger partial charge in [-0.3, -0.25) is 4.79 Å². The number of nitrogens with zero attached hydrogens (tertiary/aromatic N) is 3. The van der Waals surface area contributed by atoms with Crippen LogP contribution in [-0.2, 0) is 13.1 Å². The van der Waals surface area contributed by atoms with E-state index in [2.05, 4.69) is 34.5 Å². The number of carbonyl (C=O) groups excluding carboxylic acids is 1. The molecular formula is C22H31N5OS. The molecule has 1 aromatic carbocycles. The molecule has 1 amide bonds. The lowest BCUT2D eigenvalue weighted by molar-refractivity contribution is 0.0724. The van der Waals surface area contributed by atoms with Crippen molar-refractivity contribution in [2.75, 3.05) is 19.6 Å². The molecule has 7 heteroatoms. The van der Waals surface area contributed by atoms with Crippen LogP contribution in [0.4, 0.5) is 0 Å². The van der Waals surface area contributed by atoms with E-state index in [1.54, 1.807) is 11.3 Å². The van der Waals surface area contributed by atoms with Gasteiger partial charge in [0.05, 0.1) is 18.8 Å². The maximum absolute atomic E-state index is 12.6. The molecule has 1 aliphatic heterocycles. The Kier molecular flexibility index (Phi) is 7.63. The van der Waals surface area contributed by atoms with Gasteiger partial charge in [-0.15, -0.1) is 11.3 Å². The monoisotopic (exact) mass is 413 g/mol. The lowest BCUT2D eigenvalue weighted by atomic mass is 10.1. The summed E-state index contributed by atoms with van der Waals surface area (Å²) in [5.41, 5.74) is 2.94. The highest BCUT2D eigenvalue weighted by Gasteiger charge is 2.17. The van der Waals surface area contributed by atoms with Gasteiger partial charge in [-0.05, 0) is 57.7 Å². The van der Waals surface area contributed by atoms with E-state index in [4.69, 9.17) is 0 Å². The van der Waals surface area contributed by atoms with E-state index < -0.39 is 0 Å². The molecule has 0 saturated carbocycles. The number of hydrogen-bond acceptors (Lipinski definition) is 4. The number of amides is 1. The molecule has 156 valence electrons. The number of aryl methyl sites for hydroxylation is 2. The quantitative estimate of drug-likeness (QED) is 0.560. The third-order valence-electron chi connectivity index (χ3n) is 5.09. The highest BCUT2D eigenvalue weighted by molar-refractivity contribution is 7.11. The molecule has 0 bridgehead atoms. The summed E-state index contributed by atoms with van der Waals surface area (Å²) in [5, 5.41) is 7.68. The minimum absolute atomic E-state index is 0.142. The van der Waals surface area contributed by atoms with Gasteiger partial charge in [0.1, 0.15) is 5.01 Å². The van der Waals surface area contributed by atoms with Crippen LogP contribution in [-0.4, -0.2) is 41.4 Å². The average molecular weight is 414 g/mol. The van der Waals surface area contributed by atoms with Crippen LogP contribution in [0, 0.1) is 13.8 Å². The second kappa shape index (κ2) is 10.4. The highest BCUT2D eigenvalue weighted by Crippen LogP contribution is 2.16. The zero-order chi connectivity index (χ0) is 20.6. The van der Waals surface area contributed by atoms with E-state index >= 15 is 0 Å².